The third-order valence-electron chi connectivity index (χ3n) is 3.29. The quantitative estimate of drug-likeness (QED) is 0.545. The number of aliphatic hydroxyl groups excluding tert-OH is 1. The number of hydrogen-bond donors (Lipinski definition) is 1. The third kappa shape index (κ3) is 3.01. The molecule has 0 aliphatic heterocycles. The standard InChI is InChI=1S/C14H14N4O4S/c1-17(6-2-7-19)14-12-9(5-8-23-12)15-13(16-14)10-3-4-11(22-10)18(20)21/h3-5,8,19H,2,6-7H2,1H3. The molecule has 0 radical (unpaired) electrons. The average Bonchev–Trinajstić information content (AvgIpc) is 3.19. The number of nitro groups is 1. The minimum absolute atomic E-state index is 0.0975. The van der Waals surface area contributed by atoms with E-state index < -0.39 is 4.92 Å². The number of nitrogens with zero attached hydrogens (tertiary/aromatic N) is 4. The van der Waals surface area contributed by atoms with Crippen LogP contribution in [0.1, 0.15) is 6.42 Å². The molecule has 120 valence electrons. The van der Waals surface area contributed by atoms with Crippen LogP contribution >= 0.6 is 11.3 Å². The summed E-state index contributed by atoms with van der Waals surface area (Å²) in [6.45, 7) is 0.735. The van der Waals surface area contributed by atoms with Gasteiger partial charge in [-0.25, -0.2) is 9.97 Å². The van der Waals surface area contributed by atoms with Crippen molar-refractivity contribution in [3.8, 4) is 11.6 Å². The molecule has 0 unspecified atom stereocenters. The van der Waals surface area contributed by atoms with E-state index >= 15 is 0 Å². The molecule has 8 nitrogen and oxygen atoms in total. The fourth-order valence-corrected chi connectivity index (χ4v) is 3.05. The highest BCUT2D eigenvalue weighted by Gasteiger charge is 2.18. The van der Waals surface area contributed by atoms with Crippen molar-refractivity contribution in [1.29, 1.82) is 0 Å². The summed E-state index contributed by atoms with van der Waals surface area (Å²) in [6, 6.07) is 4.64. The molecule has 3 aromatic heterocycles. The molecule has 0 aromatic carbocycles. The van der Waals surface area contributed by atoms with E-state index in [4.69, 9.17) is 9.52 Å². The molecule has 3 heterocycles. The first kappa shape index (κ1) is 15.4. The van der Waals surface area contributed by atoms with Crippen LogP contribution in [0.4, 0.5) is 11.7 Å². The predicted octanol–water partition coefficient (Wildman–Crippen LogP) is 2.68. The van der Waals surface area contributed by atoms with Crippen molar-refractivity contribution >= 4 is 33.3 Å². The molecule has 1 N–H and O–H groups in total. The SMILES string of the molecule is CN(CCCO)c1nc(-c2ccc([N+](=O)[O-])o2)nc2ccsc12. The Kier molecular flexibility index (Phi) is 4.22. The van der Waals surface area contributed by atoms with Crippen molar-refractivity contribution in [2.45, 2.75) is 6.42 Å². The summed E-state index contributed by atoms with van der Waals surface area (Å²) >= 11 is 1.52. The third-order valence-corrected chi connectivity index (χ3v) is 4.19. The molecule has 0 spiro atoms. The molecule has 0 saturated carbocycles. The van der Waals surface area contributed by atoms with Crippen LogP contribution in [0, 0.1) is 10.1 Å². The van der Waals surface area contributed by atoms with E-state index in [9.17, 15) is 10.1 Å². The number of aliphatic hydroxyl groups is 1. The Bertz CT molecular complexity index is 844. The zero-order chi connectivity index (χ0) is 16.4. The maximum absolute atomic E-state index is 10.8. The monoisotopic (exact) mass is 334 g/mol. The largest absolute Gasteiger partial charge is 0.433 e. The number of anilines is 1. The molecule has 3 aromatic rings. The Hall–Kier alpha value is -2.52. The van der Waals surface area contributed by atoms with E-state index in [2.05, 4.69) is 9.97 Å². The molecular weight excluding hydrogens is 320 g/mol. The Labute approximate surface area is 135 Å². The van der Waals surface area contributed by atoms with Gasteiger partial charge in [0.15, 0.2) is 17.4 Å². The second kappa shape index (κ2) is 6.31. The highest BCUT2D eigenvalue weighted by Crippen LogP contribution is 2.32. The van der Waals surface area contributed by atoms with Crippen LogP contribution in [0.2, 0.25) is 0 Å². The highest BCUT2D eigenvalue weighted by molar-refractivity contribution is 7.17. The lowest BCUT2D eigenvalue weighted by Crippen LogP contribution is -2.21. The van der Waals surface area contributed by atoms with Gasteiger partial charge in [-0.3, -0.25) is 10.1 Å². The van der Waals surface area contributed by atoms with Crippen molar-refractivity contribution < 1.29 is 14.4 Å². The summed E-state index contributed by atoms with van der Waals surface area (Å²) in [4.78, 5) is 21.0. The fourth-order valence-electron chi connectivity index (χ4n) is 2.18. The van der Waals surface area contributed by atoms with Gasteiger partial charge >= 0.3 is 5.88 Å². The molecule has 0 aliphatic carbocycles. The maximum atomic E-state index is 10.8. The van der Waals surface area contributed by atoms with Gasteiger partial charge in [0.05, 0.1) is 16.3 Å². The number of fused-ring (bicyclic) bond motifs is 1. The van der Waals surface area contributed by atoms with Gasteiger partial charge in [0.2, 0.25) is 0 Å². The zero-order valence-electron chi connectivity index (χ0n) is 12.3. The predicted molar refractivity (Wildman–Crippen MR) is 86.7 cm³/mol. The van der Waals surface area contributed by atoms with Crippen LogP contribution in [-0.4, -0.2) is 40.2 Å². The average molecular weight is 334 g/mol. The second-order valence-electron chi connectivity index (χ2n) is 4.90. The minimum Gasteiger partial charge on any atom is -0.397 e. The Morgan fingerprint density at radius 3 is 2.91 bits per heavy atom. The lowest BCUT2D eigenvalue weighted by Gasteiger charge is -2.18. The summed E-state index contributed by atoms with van der Waals surface area (Å²) in [7, 11) is 1.88. The van der Waals surface area contributed by atoms with Gasteiger partial charge in [-0.2, -0.15) is 0 Å². The van der Waals surface area contributed by atoms with E-state index in [0.717, 1.165) is 10.2 Å². The summed E-state index contributed by atoms with van der Waals surface area (Å²) in [6.07, 6.45) is 0.620. The van der Waals surface area contributed by atoms with Crippen molar-refractivity contribution in [2.24, 2.45) is 0 Å². The van der Waals surface area contributed by atoms with Crippen LogP contribution in [-0.2, 0) is 0 Å². The normalized spacial score (nSPS) is 11.0. The molecule has 0 amide bonds. The van der Waals surface area contributed by atoms with Crippen LogP contribution in [0.15, 0.2) is 28.0 Å². The van der Waals surface area contributed by atoms with E-state index in [-0.39, 0.29) is 18.3 Å². The molecule has 0 atom stereocenters. The van der Waals surface area contributed by atoms with Crippen molar-refractivity contribution in [2.75, 3.05) is 25.1 Å². The summed E-state index contributed by atoms with van der Waals surface area (Å²) in [5.74, 6) is 0.924. The molecule has 0 fully saturated rings. The second-order valence-corrected chi connectivity index (χ2v) is 5.82. The van der Waals surface area contributed by atoms with Crippen LogP contribution in [0.25, 0.3) is 21.8 Å². The lowest BCUT2D eigenvalue weighted by atomic mass is 10.3. The fraction of sp³-hybridized carbons (Fsp3) is 0.286. The van der Waals surface area contributed by atoms with E-state index in [1.807, 2.05) is 23.4 Å². The van der Waals surface area contributed by atoms with Gasteiger partial charge in [-0.05, 0) is 23.9 Å². The molecular formula is C14H14N4O4S. The molecule has 0 bridgehead atoms. The summed E-state index contributed by atoms with van der Waals surface area (Å²) in [5.41, 5.74) is 0.755. The van der Waals surface area contributed by atoms with Gasteiger partial charge < -0.3 is 14.4 Å². The van der Waals surface area contributed by atoms with Gasteiger partial charge in [0, 0.05) is 20.2 Å². The maximum Gasteiger partial charge on any atom is 0.433 e. The number of hydrogen-bond acceptors (Lipinski definition) is 8. The molecule has 0 aliphatic rings. The first-order chi connectivity index (χ1) is 11.1. The van der Waals surface area contributed by atoms with E-state index in [1.165, 1.54) is 23.5 Å². The minimum atomic E-state index is -0.596. The van der Waals surface area contributed by atoms with Gasteiger partial charge in [-0.1, -0.05) is 0 Å². The summed E-state index contributed by atoms with van der Waals surface area (Å²) < 4.78 is 6.12. The Balaban J connectivity index is 2.05. The molecule has 23 heavy (non-hydrogen) atoms. The van der Waals surface area contributed by atoms with Gasteiger partial charge in [-0.15, -0.1) is 11.3 Å². The highest BCUT2D eigenvalue weighted by atomic mass is 32.1. The smallest absolute Gasteiger partial charge is 0.397 e. The topological polar surface area (TPSA) is 106 Å². The van der Waals surface area contributed by atoms with Crippen LogP contribution < -0.4 is 4.90 Å². The van der Waals surface area contributed by atoms with Crippen LogP contribution in [0.3, 0.4) is 0 Å². The van der Waals surface area contributed by atoms with E-state index in [1.54, 1.807) is 0 Å². The summed E-state index contributed by atoms with van der Waals surface area (Å²) in [5, 5.41) is 21.7. The van der Waals surface area contributed by atoms with Crippen LogP contribution in [0.5, 0.6) is 0 Å². The number of aromatic nitrogens is 2. The van der Waals surface area contributed by atoms with Crippen molar-refractivity contribution in [3.05, 3.63) is 33.7 Å². The van der Waals surface area contributed by atoms with Gasteiger partial charge in [0.25, 0.3) is 0 Å². The number of rotatable bonds is 6. The first-order valence-electron chi connectivity index (χ1n) is 6.92. The van der Waals surface area contributed by atoms with Crippen molar-refractivity contribution in [1.82, 2.24) is 9.97 Å². The van der Waals surface area contributed by atoms with Gasteiger partial charge in [0.1, 0.15) is 4.92 Å². The van der Waals surface area contributed by atoms with Crippen molar-refractivity contribution in [3.63, 3.8) is 0 Å². The molecule has 9 heteroatoms. The van der Waals surface area contributed by atoms with E-state index in [0.29, 0.717) is 24.6 Å². The molecule has 3 rings (SSSR count). The first-order valence-corrected chi connectivity index (χ1v) is 7.80. The number of thiophene rings is 1. The zero-order valence-corrected chi connectivity index (χ0v) is 13.1. The lowest BCUT2D eigenvalue weighted by molar-refractivity contribution is -0.401. The Morgan fingerprint density at radius 2 is 2.22 bits per heavy atom. The molecule has 0 saturated heterocycles. The Morgan fingerprint density at radius 1 is 1.39 bits per heavy atom. The number of furan rings is 1.